The molecular weight excluding hydrogens is 432 g/mol. The first-order valence-corrected chi connectivity index (χ1v) is 11.9. The second kappa shape index (κ2) is 9.16. The van der Waals surface area contributed by atoms with Gasteiger partial charge < -0.3 is 10.4 Å². The number of carbonyl (C=O) groups is 2. The Morgan fingerprint density at radius 3 is 2.03 bits per heavy atom. The first kappa shape index (κ1) is 21.3. The summed E-state index contributed by atoms with van der Waals surface area (Å²) in [4.78, 5) is 26.8. The van der Waals surface area contributed by atoms with E-state index >= 15 is 0 Å². The molecule has 3 atom stereocenters. The monoisotopic (exact) mass is 456 g/mol. The summed E-state index contributed by atoms with van der Waals surface area (Å²) in [6.07, 6.45) is 1.76. The normalized spacial score (nSPS) is 21.7. The molecule has 6 heteroatoms. The van der Waals surface area contributed by atoms with Gasteiger partial charge in [0.25, 0.3) is 5.91 Å². The van der Waals surface area contributed by atoms with Crippen molar-refractivity contribution in [1.82, 2.24) is 10.2 Å². The Morgan fingerprint density at radius 2 is 1.45 bits per heavy atom. The number of β-lactam (4-membered cyclic amide) rings is 1. The van der Waals surface area contributed by atoms with E-state index in [0.717, 1.165) is 16.7 Å². The predicted molar refractivity (Wildman–Crippen MR) is 130 cm³/mol. The average Bonchev–Trinajstić information content (AvgIpc) is 2.86. The van der Waals surface area contributed by atoms with Crippen molar-refractivity contribution in [1.29, 1.82) is 0 Å². The van der Waals surface area contributed by atoms with Crippen LogP contribution in [0.1, 0.15) is 22.6 Å². The van der Waals surface area contributed by atoms with Crippen LogP contribution in [0.2, 0.25) is 0 Å². The van der Waals surface area contributed by atoms with Gasteiger partial charge in [0.2, 0.25) is 5.91 Å². The van der Waals surface area contributed by atoms with Crippen LogP contribution in [-0.4, -0.2) is 38.5 Å². The molecule has 2 amide bonds. The van der Waals surface area contributed by atoms with Gasteiger partial charge in [0.1, 0.15) is 17.2 Å². The molecule has 0 spiro atoms. The maximum absolute atomic E-state index is 12.7. The second-order valence-electron chi connectivity index (χ2n) is 8.25. The first-order valence-electron chi connectivity index (χ1n) is 10.9. The van der Waals surface area contributed by atoms with E-state index in [1.54, 1.807) is 0 Å². The van der Waals surface area contributed by atoms with Gasteiger partial charge in [-0.1, -0.05) is 91.0 Å². The summed E-state index contributed by atoms with van der Waals surface area (Å²) in [5.41, 5.74) is 3.08. The number of aliphatic hydroxyl groups excluding tert-OH is 1. The minimum atomic E-state index is -0.606. The van der Waals surface area contributed by atoms with Crippen molar-refractivity contribution in [3.8, 4) is 0 Å². The zero-order valence-corrected chi connectivity index (χ0v) is 18.7. The summed E-state index contributed by atoms with van der Waals surface area (Å²) in [6.45, 7) is 0. The SMILES string of the molecule is O=C(Cc1ccccc1)NC1C(=O)N2C=C(O)C(C(c3ccccc3)c3ccccc3)S[C@H]12. The molecule has 3 aromatic carbocycles. The maximum Gasteiger partial charge on any atom is 0.253 e. The molecule has 1 fully saturated rings. The topological polar surface area (TPSA) is 69.6 Å². The Labute approximate surface area is 197 Å². The molecule has 5 nitrogen and oxygen atoms in total. The van der Waals surface area contributed by atoms with Crippen LogP contribution in [0.15, 0.2) is 103 Å². The Hall–Kier alpha value is -3.51. The smallest absolute Gasteiger partial charge is 0.253 e. The van der Waals surface area contributed by atoms with Crippen LogP contribution in [-0.2, 0) is 16.0 Å². The van der Waals surface area contributed by atoms with Gasteiger partial charge >= 0.3 is 0 Å². The molecule has 0 aliphatic carbocycles. The Balaban J connectivity index is 1.38. The van der Waals surface area contributed by atoms with Crippen molar-refractivity contribution < 1.29 is 14.7 Å². The fourth-order valence-electron chi connectivity index (χ4n) is 4.45. The quantitative estimate of drug-likeness (QED) is 0.545. The molecule has 2 aliphatic rings. The molecule has 1 saturated heterocycles. The number of carbonyl (C=O) groups excluding carboxylic acids is 2. The highest BCUT2D eigenvalue weighted by Gasteiger charge is 2.53. The zero-order chi connectivity index (χ0) is 22.8. The van der Waals surface area contributed by atoms with Crippen LogP contribution in [0.4, 0.5) is 0 Å². The summed E-state index contributed by atoms with van der Waals surface area (Å²) in [5.74, 6) is -0.309. The van der Waals surface area contributed by atoms with E-state index in [1.165, 1.54) is 22.9 Å². The number of aliphatic hydroxyl groups is 1. The molecule has 2 unspecified atom stereocenters. The molecule has 0 radical (unpaired) electrons. The number of hydrogen-bond acceptors (Lipinski definition) is 4. The Morgan fingerprint density at radius 1 is 0.909 bits per heavy atom. The number of hydrogen-bond donors (Lipinski definition) is 2. The van der Waals surface area contributed by atoms with E-state index in [4.69, 9.17) is 0 Å². The molecule has 0 bridgehead atoms. The van der Waals surface area contributed by atoms with Crippen LogP contribution in [0, 0.1) is 0 Å². The van der Waals surface area contributed by atoms with Gasteiger partial charge in [0.05, 0.1) is 11.7 Å². The van der Waals surface area contributed by atoms with Gasteiger partial charge in [-0.25, -0.2) is 0 Å². The lowest BCUT2D eigenvalue weighted by atomic mass is 9.87. The molecule has 2 heterocycles. The van der Waals surface area contributed by atoms with E-state index in [9.17, 15) is 14.7 Å². The Kier molecular flexibility index (Phi) is 5.92. The minimum Gasteiger partial charge on any atom is -0.510 e. The van der Waals surface area contributed by atoms with Crippen molar-refractivity contribution in [3.05, 3.63) is 120 Å². The molecule has 5 rings (SSSR count). The van der Waals surface area contributed by atoms with Crippen LogP contribution in [0.25, 0.3) is 0 Å². The van der Waals surface area contributed by atoms with Crippen molar-refractivity contribution in [2.24, 2.45) is 0 Å². The molecular formula is C27H24N2O3S. The summed E-state index contributed by atoms with van der Waals surface area (Å²) < 4.78 is 0. The van der Waals surface area contributed by atoms with Crippen molar-refractivity contribution in [3.63, 3.8) is 0 Å². The van der Waals surface area contributed by atoms with Gasteiger partial charge in [-0.05, 0) is 16.7 Å². The fraction of sp³-hybridized carbons (Fsp3) is 0.185. The molecule has 33 heavy (non-hydrogen) atoms. The lowest BCUT2D eigenvalue weighted by Gasteiger charge is -2.49. The number of amides is 2. The summed E-state index contributed by atoms with van der Waals surface area (Å²) >= 11 is 1.52. The lowest BCUT2D eigenvalue weighted by molar-refractivity contribution is -0.145. The highest BCUT2D eigenvalue weighted by molar-refractivity contribution is 8.01. The molecule has 166 valence electrons. The number of nitrogens with zero attached hydrogens (tertiary/aromatic N) is 1. The summed E-state index contributed by atoms with van der Waals surface area (Å²) in [5, 5.41) is 13.3. The van der Waals surface area contributed by atoms with E-state index in [2.05, 4.69) is 29.6 Å². The van der Waals surface area contributed by atoms with Gasteiger partial charge in [-0.3, -0.25) is 14.5 Å². The van der Waals surface area contributed by atoms with Gasteiger partial charge in [0.15, 0.2) is 0 Å². The van der Waals surface area contributed by atoms with Crippen LogP contribution in [0.3, 0.4) is 0 Å². The highest BCUT2D eigenvalue weighted by Crippen LogP contribution is 2.47. The van der Waals surface area contributed by atoms with E-state index < -0.39 is 6.04 Å². The first-order chi connectivity index (χ1) is 16.1. The van der Waals surface area contributed by atoms with Gasteiger partial charge in [-0.2, -0.15) is 0 Å². The van der Waals surface area contributed by atoms with E-state index in [1.807, 2.05) is 66.7 Å². The third-order valence-electron chi connectivity index (χ3n) is 6.07. The number of fused-ring (bicyclic) bond motifs is 1. The number of nitrogens with one attached hydrogen (secondary N) is 1. The third kappa shape index (κ3) is 4.26. The van der Waals surface area contributed by atoms with Crippen molar-refractivity contribution in [2.45, 2.75) is 29.0 Å². The fourth-order valence-corrected chi connectivity index (χ4v) is 6.06. The number of rotatable bonds is 6. The molecule has 2 aliphatic heterocycles. The van der Waals surface area contributed by atoms with Crippen molar-refractivity contribution in [2.75, 3.05) is 0 Å². The van der Waals surface area contributed by atoms with E-state index in [0.29, 0.717) is 0 Å². The van der Waals surface area contributed by atoms with Gasteiger partial charge in [0, 0.05) is 12.1 Å². The largest absolute Gasteiger partial charge is 0.510 e. The van der Waals surface area contributed by atoms with E-state index in [-0.39, 0.29) is 40.5 Å². The number of thioether (sulfide) groups is 1. The molecule has 3 aromatic rings. The Bertz CT molecular complexity index is 1130. The van der Waals surface area contributed by atoms with Crippen molar-refractivity contribution >= 4 is 23.6 Å². The second-order valence-corrected chi connectivity index (χ2v) is 9.52. The summed E-state index contributed by atoms with van der Waals surface area (Å²) in [6, 6.07) is 29.0. The highest BCUT2D eigenvalue weighted by atomic mass is 32.2. The standard InChI is InChI=1S/C27H24N2O3S/c30-21-17-29-26(32)24(28-22(31)16-18-10-4-1-5-11-18)27(29)33-25(21)23(19-12-6-2-7-13-19)20-14-8-3-9-15-20/h1-15,17,23-25,27,30H,16H2,(H,28,31)/t24?,25?,27-/m1/s1. The molecule has 0 aromatic heterocycles. The maximum atomic E-state index is 12.7. The average molecular weight is 457 g/mol. The predicted octanol–water partition coefficient (Wildman–Crippen LogP) is 4.23. The van der Waals surface area contributed by atoms with Crippen LogP contribution < -0.4 is 5.32 Å². The molecule has 0 saturated carbocycles. The zero-order valence-electron chi connectivity index (χ0n) is 17.9. The lowest BCUT2D eigenvalue weighted by Crippen LogP contribution is -2.69. The minimum absolute atomic E-state index is 0.0906. The number of benzene rings is 3. The molecule has 2 N–H and O–H groups in total. The summed E-state index contributed by atoms with van der Waals surface area (Å²) in [7, 11) is 0. The van der Waals surface area contributed by atoms with Gasteiger partial charge in [-0.15, -0.1) is 11.8 Å². The third-order valence-corrected chi connectivity index (χ3v) is 7.66. The van der Waals surface area contributed by atoms with Crippen LogP contribution >= 0.6 is 11.8 Å². The van der Waals surface area contributed by atoms with Crippen LogP contribution in [0.5, 0.6) is 0 Å².